The highest BCUT2D eigenvalue weighted by Crippen LogP contribution is 2.26. The molecular weight excluding hydrogens is 278 g/mol. The van der Waals surface area contributed by atoms with Crippen molar-refractivity contribution in [3.8, 4) is 23.1 Å². The molecule has 1 aromatic heterocycles. The van der Waals surface area contributed by atoms with Gasteiger partial charge < -0.3 is 4.98 Å². The molecule has 1 heteroatoms. The molecule has 0 aliphatic rings. The molecule has 0 atom stereocenters. The van der Waals surface area contributed by atoms with E-state index in [1.165, 1.54) is 5.56 Å². The first-order valence-electron chi connectivity index (χ1n) is 7.64. The highest BCUT2D eigenvalue weighted by atomic mass is 14.7. The van der Waals surface area contributed by atoms with Gasteiger partial charge in [-0.2, -0.15) is 0 Å². The number of rotatable bonds is 1. The van der Waals surface area contributed by atoms with Gasteiger partial charge in [0.25, 0.3) is 0 Å². The Morgan fingerprint density at radius 2 is 1.39 bits per heavy atom. The Bertz CT molecular complexity index is 999. The Balaban J connectivity index is 1.80. The van der Waals surface area contributed by atoms with Crippen molar-refractivity contribution in [2.24, 2.45) is 0 Å². The minimum atomic E-state index is 1.03. The van der Waals surface area contributed by atoms with Crippen LogP contribution in [0.5, 0.6) is 0 Å². The predicted molar refractivity (Wildman–Crippen MR) is 96.2 cm³/mol. The van der Waals surface area contributed by atoms with Crippen molar-refractivity contribution in [3.05, 3.63) is 96.1 Å². The van der Waals surface area contributed by atoms with Gasteiger partial charge in [-0.05, 0) is 35.9 Å². The van der Waals surface area contributed by atoms with E-state index in [-0.39, 0.29) is 0 Å². The Kier molecular flexibility index (Phi) is 3.42. The Morgan fingerprint density at radius 1 is 0.652 bits per heavy atom. The zero-order chi connectivity index (χ0) is 15.5. The topological polar surface area (TPSA) is 15.8 Å². The first-order valence-corrected chi connectivity index (χ1v) is 7.64. The summed E-state index contributed by atoms with van der Waals surface area (Å²) in [5.74, 6) is 6.54. The van der Waals surface area contributed by atoms with Crippen molar-refractivity contribution in [2.45, 2.75) is 0 Å². The van der Waals surface area contributed by atoms with E-state index in [0.717, 1.165) is 27.7 Å². The second-order valence-electron chi connectivity index (χ2n) is 5.43. The maximum Gasteiger partial charge on any atom is 0.0471 e. The van der Waals surface area contributed by atoms with Crippen molar-refractivity contribution in [3.63, 3.8) is 0 Å². The smallest absolute Gasteiger partial charge is 0.0471 e. The number of fused-ring (bicyclic) bond motifs is 1. The number of hydrogen-bond acceptors (Lipinski definition) is 0. The van der Waals surface area contributed by atoms with Crippen LogP contribution < -0.4 is 0 Å². The first-order chi connectivity index (χ1) is 11.4. The molecule has 0 aliphatic heterocycles. The van der Waals surface area contributed by atoms with Gasteiger partial charge in [-0.3, -0.25) is 0 Å². The second kappa shape index (κ2) is 5.87. The van der Waals surface area contributed by atoms with Crippen LogP contribution in [0.2, 0.25) is 0 Å². The molecule has 4 aromatic rings. The van der Waals surface area contributed by atoms with Gasteiger partial charge in [0.1, 0.15) is 0 Å². The van der Waals surface area contributed by atoms with Crippen molar-refractivity contribution in [1.82, 2.24) is 4.98 Å². The number of benzene rings is 3. The standard InChI is InChI=1S/C22H15N/c1-3-8-17(9-4-1)14-15-18-12-7-13-21-20(18)16-22(23-21)19-10-5-2-6-11-19/h1-13,16,23H. The number of hydrogen-bond donors (Lipinski definition) is 1. The van der Waals surface area contributed by atoms with Crippen LogP contribution in [0.4, 0.5) is 0 Å². The average molecular weight is 293 g/mol. The molecule has 1 nitrogen and oxygen atoms in total. The van der Waals surface area contributed by atoms with Crippen LogP contribution in [-0.4, -0.2) is 4.98 Å². The third kappa shape index (κ3) is 2.75. The van der Waals surface area contributed by atoms with Gasteiger partial charge in [0.15, 0.2) is 0 Å². The molecule has 0 aliphatic carbocycles. The third-order valence-corrected chi connectivity index (χ3v) is 3.86. The van der Waals surface area contributed by atoms with Crippen LogP contribution >= 0.6 is 0 Å². The van der Waals surface area contributed by atoms with Gasteiger partial charge in [0.05, 0.1) is 0 Å². The Labute approximate surface area is 135 Å². The van der Waals surface area contributed by atoms with Crippen LogP contribution in [0, 0.1) is 11.8 Å². The molecule has 0 saturated heterocycles. The molecule has 1 N–H and O–H groups in total. The van der Waals surface area contributed by atoms with E-state index < -0.39 is 0 Å². The molecule has 0 spiro atoms. The average Bonchev–Trinajstić information content (AvgIpc) is 3.06. The summed E-state index contributed by atoms with van der Waals surface area (Å²) in [6.45, 7) is 0. The molecule has 23 heavy (non-hydrogen) atoms. The minimum Gasteiger partial charge on any atom is -0.354 e. The fourth-order valence-electron chi connectivity index (χ4n) is 2.70. The Hall–Kier alpha value is -3.24. The molecule has 4 rings (SSSR count). The molecule has 0 radical (unpaired) electrons. The summed E-state index contributed by atoms with van der Waals surface area (Å²) in [6, 6.07) is 28.8. The molecule has 0 bridgehead atoms. The summed E-state index contributed by atoms with van der Waals surface area (Å²) >= 11 is 0. The summed E-state index contributed by atoms with van der Waals surface area (Å²) in [4.78, 5) is 3.48. The zero-order valence-electron chi connectivity index (χ0n) is 12.6. The second-order valence-corrected chi connectivity index (χ2v) is 5.43. The van der Waals surface area contributed by atoms with Gasteiger partial charge >= 0.3 is 0 Å². The molecule has 0 amide bonds. The monoisotopic (exact) mass is 293 g/mol. The SMILES string of the molecule is C(#Cc1cccc2[nH]c(-c3ccccc3)cc12)c1ccccc1. The van der Waals surface area contributed by atoms with Crippen LogP contribution in [0.25, 0.3) is 22.2 Å². The maximum absolute atomic E-state index is 3.48. The van der Waals surface area contributed by atoms with Crippen LogP contribution in [0.3, 0.4) is 0 Å². The lowest BCUT2D eigenvalue weighted by Gasteiger charge is -1.94. The maximum atomic E-state index is 3.48. The Morgan fingerprint density at radius 3 is 2.17 bits per heavy atom. The lowest BCUT2D eigenvalue weighted by molar-refractivity contribution is 1.45. The first kappa shape index (κ1) is 13.4. The van der Waals surface area contributed by atoms with Crippen molar-refractivity contribution in [2.75, 3.05) is 0 Å². The molecule has 3 aromatic carbocycles. The summed E-state index contributed by atoms with van der Waals surface area (Å²) < 4.78 is 0. The van der Waals surface area contributed by atoms with E-state index in [0.29, 0.717) is 0 Å². The fraction of sp³-hybridized carbons (Fsp3) is 0. The van der Waals surface area contributed by atoms with Gasteiger partial charge in [-0.1, -0.05) is 66.4 Å². The highest BCUT2D eigenvalue weighted by Gasteiger charge is 2.05. The van der Waals surface area contributed by atoms with Gasteiger partial charge in [0, 0.05) is 27.7 Å². The predicted octanol–water partition coefficient (Wildman–Crippen LogP) is 5.23. The van der Waals surface area contributed by atoms with Crippen molar-refractivity contribution in [1.29, 1.82) is 0 Å². The third-order valence-electron chi connectivity index (χ3n) is 3.86. The van der Waals surface area contributed by atoms with E-state index in [9.17, 15) is 0 Å². The number of aromatic nitrogens is 1. The van der Waals surface area contributed by atoms with Crippen LogP contribution in [-0.2, 0) is 0 Å². The molecule has 0 fully saturated rings. The largest absolute Gasteiger partial charge is 0.354 e. The van der Waals surface area contributed by atoms with Crippen LogP contribution in [0.1, 0.15) is 11.1 Å². The molecule has 0 saturated carbocycles. The van der Waals surface area contributed by atoms with E-state index in [1.807, 2.05) is 42.5 Å². The molecule has 1 heterocycles. The van der Waals surface area contributed by atoms with E-state index in [1.54, 1.807) is 0 Å². The molecule has 0 unspecified atom stereocenters. The van der Waals surface area contributed by atoms with Gasteiger partial charge in [-0.15, -0.1) is 0 Å². The quantitative estimate of drug-likeness (QED) is 0.462. The summed E-state index contributed by atoms with van der Waals surface area (Å²) in [5, 5.41) is 1.16. The highest BCUT2D eigenvalue weighted by molar-refractivity contribution is 5.90. The minimum absolute atomic E-state index is 1.03. The summed E-state index contributed by atoms with van der Waals surface area (Å²) in [5.41, 5.74) is 5.50. The molecule has 108 valence electrons. The van der Waals surface area contributed by atoms with Gasteiger partial charge in [0.2, 0.25) is 0 Å². The number of aromatic amines is 1. The molecular formula is C22H15N. The van der Waals surface area contributed by atoms with Gasteiger partial charge in [-0.25, -0.2) is 0 Å². The van der Waals surface area contributed by atoms with Crippen molar-refractivity contribution >= 4 is 10.9 Å². The van der Waals surface area contributed by atoms with E-state index in [2.05, 4.69) is 59.3 Å². The number of H-pyrrole nitrogens is 1. The van der Waals surface area contributed by atoms with E-state index in [4.69, 9.17) is 0 Å². The zero-order valence-corrected chi connectivity index (χ0v) is 12.6. The van der Waals surface area contributed by atoms with Crippen molar-refractivity contribution < 1.29 is 0 Å². The summed E-state index contributed by atoms with van der Waals surface area (Å²) in [7, 11) is 0. The number of nitrogens with one attached hydrogen (secondary N) is 1. The fourth-order valence-corrected chi connectivity index (χ4v) is 2.70. The summed E-state index contributed by atoms with van der Waals surface area (Å²) in [6.07, 6.45) is 0. The lowest BCUT2D eigenvalue weighted by Crippen LogP contribution is -1.77. The van der Waals surface area contributed by atoms with E-state index >= 15 is 0 Å². The van der Waals surface area contributed by atoms with Crippen LogP contribution in [0.15, 0.2) is 84.9 Å². The normalized spacial score (nSPS) is 10.3. The lowest BCUT2D eigenvalue weighted by atomic mass is 10.1.